The Morgan fingerprint density at radius 3 is 2.80 bits per heavy atom. The van der Waals surface area contributed by atoms with Crippen molar-refractivity contribution >= 4 is 11.5 Å². The smallest absolute Gasteiger partial charge is 0.255 e. The highest BCUT2D eigenvalue weighted by Gasteiger charge is 2.16. The van der Waals surface area contributed by atoms with Gasteiger partial charge in [-0.2, -0.15) is 0 Å². The molecular formula is C18H20FN3O3. The first-order valence-corrected chi connectivity index (χ1v) is 7.71. The molecule has 0 bridgehead atoms. The summed E-state index contributed by atoms with van der Waals surface area (Å²) in [6.45, 7) is 1.57. The molecule has 25 heavy (non-hydrogen) atoms. The van der Waals surface area contributed by atoms with E-state index in [-0.39, 0.29) is 36.8 Å². The molecule has 1 aromatic carbocycles. The van der Waals surface area contributed by atoms with Gasteiger partial charge in [-0.15, -0.1) is 0 Å². The number of halogens is 1. The van der Waals surface area contributed by atoms with Gasteiger partial charge < -0.3 is 20.9 Å². The van der Waals surface area contributed by atoms with E-state index >= 15 is 0 Å². The monoisotopic (exact) mass is 345 g/mol. The van der Waals surface area contributed by atoms with Crippen molar-refractivity contribution in [3.63, 3.8) is 0 Å². The summed E-state index contributed by atoms with van der Waals surface area (Å²) >= 11 is 0. The van der Waals surface area contributed by atoms with Gasteiger partial charge in [-0.05, 0) is 19.1 Å². The Kier molecular flexibility index (Phi) is 6.47. The van der Waals surface area contributed by atoms with Crippen LogP contribution in [0, 0.1) is 5.82 Å². The second-order valence-corrected chi connectivity index (χ2v) is 5.29. The van der Waals surface area contributed by atoms with E-state index in [9.17, 15) is 9.18 Å². The van der Waals surface area contributed by atoms with Gasteiger partial charge in [0.25, 0.3) is 5.91 Å². The molecule has 1 amide bonds. The number of aromatic nitrogens is 1. The van der Waals surface area contributed by atoms with E-state index in [1.54, 1.807) is 37.3 Å². The second kappa shape index (κ2) is 8.79. The van der Waals surface area contributed by atoms with Crippen molar-refractivity contribution < 1.29 is 19.0 Å². The Morgan fingerprint density at radius 1 is 1.36 bits per heavy atom. The zero-order valence-electron chi connectivity index (χ0n) is 13.8. The highest BCUT2D eigenvalue weighted by Crippen LogP contribution is 2.21. The molecule has 0 fully saturated rings. The van der Waals surface area contributed by atoms with Gasteiger partial charge in [0.05, 0.1) is 17.9 Å². The number of aliphatic hydroxyl groups is 1. The normalized spacial score (nSPS) is 11.6. The molecule has 1 aromatic heterocycles. The predicted molar refractivity (Wildman–Crippen MR) is 91.8 cm³/mol. The molecule has 132 valence electrons. The number of allylic oxidation sites excluding steroid dienone is 1. The van der Waals surface area contributed by atoms with E-state index in [4.69, 9.17) is 15.6 Å². The zero-order valence-corrected chi connectivity index (χ0v) is 13.8. The van der Waals surface area contributed by atoms with Crippen LogP contribution in [-0.4, -0.2) is 29.1 Å². The lowest BCUT2D eigenvalue weighted by Crippen LogP contribution is -2.28. The standard InChI is InChI=1S/C18H20FN3O3/c1-12(20)17(18(24)22-8-9-23)16-10-14(6-7-21-16)25-11-13-4-2-3-5-15(13)19/h2-7,10,23H,8-9,11,20H2,1H3,(H,22,24)/b17-12+. The van der Waals surface area contributed by atoms with Gasteiger partial charge >= 0.3 is 0 Å². The average Bonchev–Trinajstić information content (AvgIpc) is 2.59. The summed E-state index contributed by atoms with van der Waals surface area (Å²) in [5.41, 5.74) is 7.05. The van der Waals surface area contributed by atoms with E-state index in [0.29, 0.717) is 17.0 Å². The minimum absolute atomic E-state index is 0.0491. The molecule has 0 aliphatic heterocycles. The number of benzene rings is 1. The van der Waals surface area contributed by atoms with Gasteiger partial charge in [-0.25, -0.2) is 4.39 Å². The first-order chi connectivity index (χ1) is 12.0. The number of nitrogens with two attached hydrogens (primary N) is 1. The highest BCUT2D eigenvalue weighted by atomic mass is 19.1. The minimum Gasteiger partial charge on any atom is -0.489 e. The van der Waals surface area contributed by atoms with Gasteiger partial charge in [-0.1, -0.05) is 18.2 Å². The van der Waals surface area contributed by atoms with Crippen molar-refractivity contribution in [2.45, 2.75) is 13.5 Å². The molecule has 2 aromatic rings. The number of hydrogen-bond donors (Lipinski definition) is 3. The minimum atomic E-state index is -0.437. The van der Waals surface area contributed by atoms with Crippen LogP contribution in [0.4, 0.5) is 4.39 Å². The van der Waals surface area contributed by atoms with Crippen LogP contribution in [0.2, 0.25) is 0 Å². The predicted octanol–water partition coefficient (Wildman–Crippen LogP) is 1.60. The number of carbonyl (C=O) groups is 1. The Balaban J connectivity index is 2.18. The second-order valence-electron chi connectivity index (χ2n) is 5.29. The van der Waals surface area contributed by atoms with E-state index in [2.05, 4.69) is 10.3 Å². The Hall–Kier alpha value is -2.93. The molecule has 0 radical (unpaired) electrons. The SMILES string of the molecule is C/C(N)=C(\C(=O)NCCO)c1cc(OCc2ccccc2F)ccn1. The van der Waals surface area contributed by atoms with Crippen molar-refractivity contribution in [1.82, 2.24) is 10.3 Å². The summed E-state index contributed by atoms with van der Waals surface area (Å²) in [7, 11) is 0. The number of amides is 1. The first-order valence-electron chi connectivity index (χ1n) is 7.71. The summed E-state index contributed by atoms with van der Waals surface area (Å²) < 4.78 is 19.2. The lowest BCUT2D eigenvalue weighted by Gasteiger charge is -2.12. The van der Waals surface area contributed by atoms with Crippen LogP contribution in [0.5, 0.6) is 5.75 Å². The molecule has 0 saturated heterocycles. The molecule has 0 unspecified atom stereocenters. The summed E-state index contributed by atoms with van der Waals surface area (Å²) in [6.07, 6.45) is 1.48. The topological polar surface area (TPSA) is 97.5 Å². The summed E-state index contributed by atoms with van der Waals surface area (Å²) in [5.74, 6) is -0.353. The summed E-state index contributed by atoms with van der Waals surface area (Å²) in [5, 5.41) is 11.4. The highest BCUT2D eigenvalue weighted by molar-refractivity contribution is 6.19. The number of aliphatic hydroxyl groups excluding tert-OH is 1. The van der Waals surface area contributed by atoms with Gasteiger partial charge in [-0.3, -0.25) is 9.78 Å². The lowest BCUT2D eigenvalue weighted by molar-refractivity contribution is -0.115. The van der Waals surface area contributed by atoms with Gasteiger partial charge in [0.2, 0.25) is 0 Å². The zero-order chi connectivity index (χ0) is 18.2. The van der Waals surface area contributed by atoms with Crippen LogP contribution in [-0.2, 0) is 11.4 Å². The van der Waals surface area contributed by atoms with E-state index in [1.165, 1.54) is 12.3 Å². The third-order valence-corrected chi connectivity index (χ3v) is 3.36. The molecule has 7 heteroatoms. The molecule has 6 nitrogen and oxygen atoms in total. The lowest BCUT2D eigenvalue weighted by atomic mass is 10.1. The maximum Gasteiger partial charge on any atom is 0.255 e. The van der Waals surface area contributed by atoms with Crippen molar-refractivity contribution in [3.8, 4) is 5.75 Å². The van der Waals surface area contributed by atoms with Crippen LogP contribution >= 0.6 is 0 Å². The molecule has 0 atom stereocenters. The Labute approximate surface area is 145 Å². The van der Waals surface area contributed by atoms with Crippen LogP contribution in [0.1, 0.15) is 18.2 Å². The number of nitrogens with one attached hydrogen (secondary N) is 1. The molecule has 0 aliphatic rings. The van der Waals surface area contributed by atoms with E-state index < -0.39 is 5.91 Å². The van der Waals surface area contributed by atoms with Gasteiger partial charge in [0.15, 0.2) is 0 Å². The van der Waals surface area contributed by atoms with Crippen LogP contribution in [0.25, 0.3) is 5.57 Å². The maximum atomic E-state index is 13.6. The number of carbonyl (C=O) groups excluding carboxylic acids is 1. The number of rotatable bonds is 7. The first kappa shape index (κ1) is 18.4. The third kappa shape index (κ3) is 5.02. The fourth-order valence-electron chi connectivity index (χ4n) is 2.17. The van der Waals surface area contributed by atoms with Crippen LogP contribution in [0.3, 0.4) is 0 Å². The fraction of sp³-hybridized carbons (Fsp3) is 0.222. The molecule has 0 aliphatic carbocycles. The molecule has 0 saturated carbocycles. The molecule has 1 heterocycles. The van der Waals surface area contributed by atoms with Crippen LogP contribution in [0.15, 0.2) is 48.3 Å². The molecule has 4 N–H and O–H groups in total. The Bertz CT molecular complexity index is 774. The van der Waals surface area contributed by atoms with Crippen molar-refractivity contribution in [3.05, 3.63) is 65.4 Å². The average molecular weight is 345 g/mol. The largest absolute Gasteiger partial charge is 0.489 e. The quantitative estimate of drug-likeness (QED) is 0.662. The number of pyridine rings is 1. The number of nitrogens with zero attached hydrogens (tertiary/aromatic N) is 1. The van der Waals surface area contributed by atoms with Crippen molar-refractivity contribution in [2.24, 2.45) is 5.73 Å². The summed E-state index contributed by atoms with van der Waals surface area (Å²) in [6, 6.07) is 9.50. The fourth-order valence-corrected chi connectivity index (χ4v) is 2.17. The van der Waals surface area contributed by atoms with E-state index in [1.807, 2.05) is 0 Å². The molecule has 0 spiro atoms. The van der Waals surface area contributed by atoms with Crippen LogP contribution < -0.4 is 15.8 Å². The van der Waals surface area contributed by atoms with Gasteiger partial charge in [0.1, 0.15) is 18.2 Å². The number of ether oxygens (including phenoxy) is 1. The Morgan fingerprint density at radius 2 is 2.12 bits per heavy atom. The van der Waals surface area contributed by atoms with Crippen molar-refractivity contribution in [1.29, 1.82) is 0 Å². The van der Waals surface area contributed by atoms with E-state index in [0.717, 1.165) is 0 Å². The number of hydrogen-bond acceptors (Lipinski definition) is 5. The third-order valence-electron chi connectivity index (χ3n) is 3.36. The molecular weight excluding hydrogens is 325 g/mol. The molecule has 2 rings (SSSR count). The van der Waals surface area contributed by atoms with Crippen molar-refractivity contribution in [2.75, 3.05) is 13.2 Å². The summed E-state index contributed by atoms with van der Waals surface area (Å²) in [4.78, 5) is 16.3. The maximum absolute atomic E-state index is 13.6. The van der Waals surface area contributed by atoms with Gasteiger partial charge in [0, 0.05) is 30.1 Å².